The number of para-hydroxylation sites is 1. The van der Waals surface area contributed by atoms with Crippen LogP contribution in [0.15, 0.2) is 54.6 Å². The number of nitrogen functional groups attached to an aromatic ring is 1. The molecule has 0 unspecified atom stereocenters. The zero-order chi connectivity index (χ0) is 30.1. The van der Waals surface area contributed by atoms with Gasteiger partial charge in [-0.2, -0.15) is 0 Å². The average Bonchev–Trinajstić information content (AvgIpc) is 3.42. The van der Waals surface area contributed by atoms with Crippen LogP contribution in [0.1, 0.15) is 55.5 Å². The minimum Gasteiger partial charge on any atom is -0.398 e. The second-order valence-corrected chi connectivity index (χ2v) is 10.9. The van der Waals surface area contributed by atoms with Gasteiger partial charge in [-0.25, -0.2) is 0 Å². The molecule has 0 saturated carbocycles. The van der Waals surface area contributed by atoms with Crippen LogP contribution in [-0.4, -0.2) is 65.0 Å². The lowest BCUT2D eigenvalue weighted by Gasteiger charge is -2.29. The summed E-state index contributed by atoms with van der Waals surface area (Å²) in [5, 5.41) is 5.23. The summed E-state index contributed by atoms with van der Waals surface area (Å²) >= 11 is 0. The Morgan fingerprint density at radius 3 is 2.24 bits per heavy atom. The summed E-state index contributed by atoms with van der Waals surface area (Å²) in [5.41, 5.74) is 19.0. The van der Waals surface area contributed by atoms with Crippen molar-refractivity contribution in [3.05, 3.63) is 65.7 Å². The lowest BCUT2D eigenvalue weighted by atomic mass is 9.99. The number of primary amides is 1. The third-order valence-corrected chi connectivity index (χ3v) is 7.10. The molecule has 220 valence electrons. The Labute approximate surface area is 240 Å². The molecule has 4 atom stereocenters. The predicted octanol–water partition coefficient (Wildman–Crippen LogP) is 0.904. The zero-order valence-electron chi connectivity index (χ0n) is 23.5. The summed E-state index contributed by atoms with van der Waals surface area (Å²) in [6, 6.07) is 11.7. The molecule has 1 saturated heterocycles. The van der Waals surface area contributed by atoms with Crippen LogP contribution in [0, 0.1) is 5.92 Å². The average molecular weight is 565 g/mol. The number of carbonyl (C=O) groups is 5. The topological polar surface area (TPSA) is 191 Å². The molecule has 1 heterocycles. The smallest absolute Gasteiger partial charge is 0.243 e. The van der Waals surface area contributed by atoms with Gasteiger partial charge in [-0.3, -0.25) is 24.0 Å². The van der Waals surface area contributed by atoms with E-state index >= 15 is 0 Å². The van der Waals surface area contributed by atoms with Crippen molar-refractivity contribution in [3.8, 4) is 0 Å². The zero-order valence-corrected chi connectivity index (χ0v) is 23.5. The van der Waals surface area contributed by atoms with Gasteiger partial charge in [-0.1, -0.05) is 56.3 Å². The molecule has 2 aromatic rings. The third-order valence-electron chi connectivity index (χ3n) is 7.10. The van der Waals surface area contributed by atoms with E-state index in [0.29, 0.717) is 25.8 Å². The number of amides is 4. The molecule has 0 aliphatic carbocycles. The number of nitrogens with two attached hydrogens (primary N) is 3. The highest BCUT2D eigenvalue weighted by molar-refractivity contribution is 6.04. The van der Waals surface area contributed by atoms with Crippen LogP contribution in [0.3, 0.4) is 0 Å². The van der Waals surface area contributed by atoms with Gasteiger partial charge in [-0.05, 0) is 49.3 Å². The van der Waals surface area contributed by atoms with Crippen LogP contribution in [0.5, 0.6) is 0 Å². The first-order valence-corrected chi connectivity index (χ1v) is 13.9. The van der Waals surface area contributed by atoms with Crippen molar-refractivity contribution in [3.63, 3.8) is 0 Å². The van der Waals surface area contributed by atoms with E-state index in [9.17, 15) is 24.0 Å². The van der Waals surface area contributed by atoms with Crippen LogP contribution in [0.25, 0.3) is 0 Å². The van der Waals surface area contributed by atoms with Crippen LogP contribution in [-0.2, 0) is 25.6 Å². The fourth-order valence-electron chi connectivity index (χ4n) is 4.98. The van der Waals surface area contributed by atoms with Gasteiger partial charge >= 0.3 is 0 Å². The number of likely N-dealkylation sites (tertiary alicyclic amines) is 1. The number of hydrogen-bond donors (Lipinski definition) is 5. The minimum atomic E-state index is -1.33. The Kier molecular flexibility index (Phi) is 11.0. The number of Topliss-reactive ketones (excluding diaryl/α,β-unsaturated/α-hetero) is 1. The monoisotopic (exact) mass is 564 g/mol. The van der Waals surface area contributed by atoms with Crippen molar-refractivity contribution < 1.29 is 24.0 Å². The third kappa shape index (κ3) is 8.62. The highest BCUT2D eigenvalue weighted by atomic mass is 16.2. The van der Waals surface area contributed by atoms with E-state index in [1.54, 1.807) is 18.2 Å². The van der Waals surface area contributed by atoms with Crippen LogP contribution in [0.2, 0.25) is 0 Å². The molecule has 11 nitrogen and oxygen atoms in total. The van der Waals surface area contributed by atoms with Gasteiger partial charge in [0.15, 0.2) is 5.78 Å². The molecule has 1 aliphatic rings. The lowest BCUT2D eigenvalue weighted by molar-refractivity contribution is -0.140. The van der Waals surface area contributed by atoms with E-state index in [1.807, 2.05) is 44.2 Å². The molecule has 41 heavy (non-hydrogen) atoms. The molecule has 2 aromatic carbocycles. The molecule has 11 heteroatoms. The Balaban J connectivity index is 1.78. The molecule has 3 rings (SSSR count). The Bertz CT molecular complexity index is 1250. The second kappa shape index (κ2) is 14.4. The molecule has 4 amide bonds. The maximum absolute atomic E-state index is 13.5. The second-order valence-electron chi connectivity index (χ2n) is 10.9. The molecule has 1 aliphatic heterocycles. The van der Waals surface area contributed by atoms with E-state index in [0.717, 1.165) is 5.56 Å². The molecule has 8 N–H and O–H groups in total. The Hall–Kier alpha value is -4.25. The highest BCUT2D eigenvalue weighted by Gasteiger charge is 2.38. The number of anilines is 1. The van der Waals surface area contributed by atoms with Gasteiger partial charge < -0.3 is 32.7 Å². The van der Waals surface area contributed by atoms with Crippen LogP contribution < -0.4 is 27.8 Å². The van der Waals surface area contributed by atoms with Crippen LogP contribution >= 0.6 is 0 Å². The minimum absolute atomic E-state index is 0.0461. The predicted molar refractivity (Wildman–Crippen MR) is 155 cm³/mol. The van der Waals surface area contributed by atoms with E-state index in [4.69, 9.17) is 17.2 Å². The Morgan fingerprint density at radius 1 is 0.951 bits per heavy atom. The molecule has 0 bridgehead atoms. The number of nitrogens with one attached hydrogen (secondary N) is 2. The van der Waals surface area contributed by atoms with Crippen molar-refractivity contribution in [1.29, 1.82) is 0 Å². The first kappa shape index (κ1) is 31.3. The van der Waals surface area contributed by atoms with Gasteiger partial charge in [0.1, 0.15) is 18.1 Å². The summed E-state index contributed by atoms with van der Waals surface area (Å²) < 4.78 is 0. The van der Waals surface area contributed by atoms with Gasteiger partial charge in [0, 0.05) is 24.2 Å². The maximum atomic E-state index is 13.5. The number of nitrogens with zero attached hydrogens (tertiary/aromatic N) is 1. The van der Waals surface area contributed by atoms with Gasteiger partial charge in [-0.15, -0.1) is 0 Å². The first-order chi connectivity index (χ1) is 19.5. The molecule has 0 spiro atoms. The van der Waals surface area contributed by atoms with Crippen molar-refractivity contribution in [2.75, 3.05) is 12.3 Å². The molecular formula is C30H40N6O5. The van der Waals surface area contributed by atoms with Crippen molar-refractivity contribution >= 4 is 35.1 Å². The molecular weight excluding hydrogens is 524 g/mol. The van der Waals surface area contributed by atoms with E-state index in [-0.39, 0.29) is 29.5 Å². The quantitative estimate of drug-likeness (QED) is 0.176. The lowest BCUT2D eigenvalue weighted by Crippen LogP contribution is -2.57. The number of ketones is 1. The summed E-state index contributed by atoms with van der Waals surface area (Å²) in [7, 11) is 0. The molecule has 0 aromatic heterocycles. The van der Waals surface area contributed by atoms with Crippen molar-refractivity contribution in [1.82, 2.24) is 15.5 Å². The van der Waals surface area contributed by atoms with Crippen molar-refractivity contribution in [2.45, 2.75) is 70.1 Å². The largest absolute Gasteiger partial charge is 0.398 e. The highest BCUT2D eigenvalue weighted by Crippen LogP contribution is 2.20. The first-order valence-electron chi connectivity index (χ1n) is 13.9. The molecule has 1 fully saturated rings. The van der Waals surface area contributed by atoms with Gasteiger partial charge in [0.25, 0.3) is 0 Å². The normalized spacial score (nSPS) is 17.0. The summed E-state index contributed by atoms with van der Waals surface area (Å²) in [4.78, 5) is 66.6. The van der Waals surface area contributed by atoms with E-state index in [1.165, 1.54) is 11.0 Å². The maximum Gasteiger partial charge on any atom is 0.243 e. The van der Waals surface area contributed by atoms with Crippen molar-refractivity contribution in [2.24, 2.45) is 17.4 Å². The number of hydrogen-bond acceptors (Lipinski definition) is 7. The van der Waals surface area contributed by atoms with Gasteiger partial charge in [0.05, 0.1) is 6.04 Å². The standard InChI is InChI=1S/C30H40N6O5/c1-18(2)15-23(27(33)38)34-28(39)24(17-26(37)20-11-6-7-12-21(20)31)35-29(40)25-13-8-14-36(25)30(41)22(32)16-19-9-4-3-5-10-19/h3-7,9-12,18,22-25H,8,13-17,31-32H2,1-2H3,(H2,33,38)(H,34,39)(H,35,40)/t22-,23-,24-,25-/m0/s1. The number of rotatable bonds is 13. The summed E-state index contributed by atoms with van der Waals surface area (Å²) in [6.45, 7) is 4.09. The fraction of sp³-hybridized carbons (Fsp3) is 0.433. The Morgan fingerprint density at radius 2 is 1.61 bits per heavy atom. The van der Waals surface area contributed by atoms with E-state index in [2.05, 4.69) is 10.6 Å². The fourth-order valence-corrected chi connectivity index (χ4v) is 4.98. The number of carbonyl (C=O) groups excluding carboxylic acids is 5. The summed E-state index contributed by atoms with van der Waals surface area (Å²) in [5.74, 6) is -2.84. The number of benzene rings is 2. The summed E-state index contributed by atoms with van der Waals surface area (Å²) in [6.07, 6.45) is 1.14. The van der Waals surface area contributed by atoms with Crippen LogP contribution in [0.4, 0.5) is 5.69 Å². The SMILES string of the molecule is CC(C)C[C@H](NC(=O)[C@H](CC(=O)c1ccccc1N)NC(=O)[C@@H]1CCCN1C(=O)[C@@H](N)Cc1ccccc1)C(N)=O. The van der Waals surface area contributed by atoms with Gasteiger partial charge in [0.2, 0.25) is 23.6 Å². The van der Waals surface area contributed by atoms with E-state index < -0.39 is 54.1 Å². The molecule has 0 radical (unpaired) electrons.